The minimum Gasteiger partial charge on any atom is -0.397 e. The number of nitrogens with two attached hydrogens (primary N) is 1. The van der Waals surface area contributed by atoms with Crippen molar-refractivity contribution in [2.75, 3.05) is 5.73 Å². The van der Waals surface area contributed by atoms with Gasteiger partial charge in [-0.1, -0.05) is 17.7 Å². The van der Waals surface area contributed by atoms with Crippen LogP contribution in [0.25, 0.3) is 11.4 Å². The molecule has 0 aliphatic heterocycles. The predicted molar refractivity (Wildman–Crippen MR) is 79.5 cm³/mol. The summed E-state index contributed by atoms with van der Waals surface area (Å²) < 4.78 is 2.00. The van der Waals surface area contributed by atoms with Crippen LogP contribution in [0, 0.1) is 23.7 Å². The zero-order chi connectivity index (χ0) is 14.1. The van der Waals surface area contributed by atoms with E-state index < -0.39 is 0 Å². The van der Waals surface area contributed by atoms with E-state index in [1.165, 1.54) is 19.3 Å². The fourth-order valence-corrected chi connectivity index (χ4v) is 5.08. The number of para-hydroxylation sites is 1. The van der Waals surface area contributed by atoms with Crippen LogP contribution < -0.4 is 5.73 Å². The zero-order valence-electron chi connectivity index (χ0n) is 11.5. The first-order valence-corrected chi connectivity index (χ1v) is 7.95. The summed E-state index contributed by atoms with van der Waals surface area (Å²) in [7, 11) is 0. The summed E-state index contributed by atoms with van der Waals surface area (Å²) in [6, 6.07) is 6.10. The van der Waals surface area contributed by atoms with Gasteiger partial charge in [0.25, 0.3) is 0 Å². The molecular formula is C15H16ClN5. The number of nitrogens with zero attached hydrogens (tertiary/aromatic N) is 4. The maximum absolute atomic E-state index is 6.13. The van der Waals surface area contributed by atoms with Gasteiger partial charge >= 0.3 is 0 Å². The van der Waals surface area contributed by atoms with Crippen LogP contribution in [0.1, 0.15) is 25.3 Å². The Kier molecular flexibility index (Phi) is 2.27. The Labute approximate surface area is 127 Å². The van der Waals surface area contributed by atoms with Gasteiger partial charge in [-0.15, -0.1) is 5.10 Å². The number of tetrazole rings is 1. The van der Waals surface area contributed by atoms with Crippen molar-refractivity contribution in [2.45, 2.75) is 25.3 Å². The van der Waals surface area contributed by atoms with Crippen molar-refractivity contribution in [1.29, 1.82) is 0 Å². The van der Waals surface area contributed by atoms with Gasteiger partial charge in [-0.25, -0.2) is 4.68 Å². The van der Waals surface area contributed by atoms with Crippen LogP contribution in [-0.2, 0) is 0 Å². The number of nitrogen functional groups attached to an aromatic ring is 1. The fourth-order valence-electron chi connectivity index (χ4n) is 4.91. The molecule has 3 aliphatic rings. The smallest absolute Gasteiger partial charge is 0.184 e. The molecule has 5 nitrogen and oxygen atoms in total. The number of hydrogen-bond donors (Lipinski definition) is 1. The third-order valence-corrected chi connectivity index (χ3v) is 6.09. The Morgan fingerprint density at radius 3 is 2.71 bits per heavy atom. The lowest BCUT2D eigenvalue weighted by atomic mass is 10.0. The van der Waals surface area contributed by atoms with E-state index in [0.717, 1.165) is 35.1 Å². The molecule has 0 amide bonds. The molecule has 3 aliphatic carbocycles. The molecule has 2 bridgehead atoms. The van der Waals surface area contributed by atoms with E-state index in [1.54, 1.807) is 6.07 Å². The third kappa shape index (κ3) is 1.50. The molecular weight excluding hydrogens is 286 g/mol. The minimum absolute atomic E-state index is 0.472. The van der Waals surface area contributed by atoms with Crippen LogP contribution in [0.15, 0.2) is 18.2 Å². The molecule has 6 heteroatoms. The number of halogens is 1. The number of rotatable bonds is 2. The lowest BCUT2D eigenvalue weighted by molar-refractivity contribution is 0.427. The van der Waals surface area contributed by atoms with Crippen molar-refractivity contribution >= 4 is 17.3 Å². The molecule has 0 saturated heterocycles. The lowest BCUT2D eigenvalue weighted by Crippen LogP contribution is -2.09. The van der Waals surface area contributed by atoms with Crippen molar-refractivity contribution in [3.05, 3.63) is 23.2 Å². The summed E-state index contributed by atoms with van der Waals surface area (Å²) in [5.41, 5.74) is 7.50. The molecule has 2 N–H and O–H groups in total. The SMILES string of the molecule is Nc1c(Cl)cccc1-c1nnnn1C1C2C3CCC(C3)C21. The maximum atomic E-state index is 6.13. The first-order chi connectivity index (χ1) is 10.3. The standard InChI is InChI=1S/C15H16ClN5/c16-10-3-1-2-9(13(10)17)15-18-19-20-21(15)14-11-7-4-5-8(6-7)12(11)14/h1-3,7-8,11-12,14H,4-6,17H2. The van der Waals surface area contributed by atoms with Gasteiger partial charge in [0.1, 0.15) is 0 Å². The largest absolute Gasteiger partial charge is 0.397 e. The highest BCUT2D eigenvalue weighted by molar-refractivity contribution is 6.33. The summed E-state index contributed by atoms with van der Waals surface area (Å²) in [5.74, 6) is 4.10. The van der Waals surface area contributed by atoms with E-state index in [2.05, 4.69) is 15.5 Å². The first kappa shape index (κ1) is 12.0. The molecule has 1 aromatic heterocycles. The van der Waals surface area contributed by atoms with Gasteiger partial charge in [-0.2, -0.15) is 0 Å². The van der Waals surface area contributed by atoms with Crippen LogP contribution in [-0.4, -0.2) is 20.2 Å². The number of aromatic nitrogens is 4. The first-order valence-electron chi connectivity index (χ1n) is 7.58. The molecule has 4 unspecified atom stereocenters. The average molecular weight is 302 g/mol. The summed E-state index contributed by atoms with van der Waals surface area (Å²) in [6.45, 7) is 0. The third-order valence-electron chi connectivity index (χ3n) is 5.76. The highest BCUT2D eigenvalue weighted by Gasteiger charge is 2.66. The highest BCUT2D eigenvalue weighted by atomic mass is 35.5. The van der Waals surface area contributed by atoms with Crippen molar-refractivity contribution in [3.63, 3.8) is 0 Å². The monoisotopic (exact) mass is 301 g/mol. The van der Waals surface area contributed by atoms with Gasteiger partial charge in [0.05, 0.1) is 16.8 Å². The van der Waals surface area contributed by atoms with Crippen molar-refractivity contribution in [3.8, 4) is 11.4 Å². The lowest BCUT2D eigenvalue weighted by Gasteiger charge is -2.11. The summed E-state index contributed by atoms with van der Waals surface area (Å²) >= 11 is 6.13. The second kappa shape index (κ2) is 3.97. The predicted octanol–water partition coefficient (Wildman–Crippen LogP) is 2.79. The zero-order valence-corrected chi connectivity index (χ0v) is 12.2. The second-order valence-electron chi connectivity index (χ2n) is 6.63. The molecule has 3 fully saturated rings. The number of hydrogen-bond acceptors (Lipinski definition) is 4. The van der Waals surface area contributed by atoms with Gasteiger partial charge < -0.3 is 5.73 Å². The quantitative estimate of drug-likeness (QED) is 0.866. The van der Waals surface area contributed by atoms with Crippen LogP contribution in [0.3, 0.4) is 0 Å². The van der Waals surface area contributed by atoms with E-state index in [4.69, 9.17) is 17.3 Å². The molecule has 1 aromatic carbocycles. The Bertz CT molecular complexity index is 711. The van der Waals surface area contributed by atoms with Crippen LogP contribution in [0.2, 0.25) is 5.02 Å². The average Bonchev–Trinajstić information content (AvgIpc) is 2.90. The highest BCUT2D eigenvalue weighted by Crippen LogP contribution is 2.71. The number of fused-ring (bicyclic) bond motifs is 5. The van der Waals surface area contributed by atoms with E-state index in [1.807, 2.05) is 16.8 Å². The van der Waals surface area contributed by atoms with Crippen molar-refractivity contribution < 1.29 is 0 Å². The Hall–Kier alpha value is -1.62. The minimum atomic E-state index is 0.472. The van der Waals surface area contributed by atoms with Gasteiger partial charge in [0.15, 0.2) is 5.82 Å². The number of anilines is 1. The summed E-state index contributed by atoms with van der Waals surface area (Å²) in [5, 5.41) is 12.9. The molecule has 4 atom stereocenters. The molecule has 5 rings (SSSR count). The molecule has 21 heavy (non-hydrogen) atoms. The summed E-state index contributed by atoms with van der Waals surface area (Å²) in [4.78, 5) is 0. The van der Waals surface area contributed by atoms with E-state index >= 15 is 0 Å². The Morgan fingerprint density at radius 1 is 1.19 bits per heavy atom. The maximum Gasteiger partial charge on any atom is 0.184 e. The second-order valence-corrected chi connectivity index (χ2v) is 7.03. The van der Waals surface area contributed by atoms with Gasteiger partial charge in [-0.05, 0) is 65.5 Å². The van der Waals surface area contributed by atoms with Crippen LogP contribution >= 0.6 is 11.6 Å². The molecule has 3 saturated carbocycles. The topological polar surface area (TPSA) is 69.6 Å². The molecule has 0 spiro atoms. The van der Waals surface area contributed by atoms with Crippen LogP contribution in [0.5, 0.6) is 0 Å². The van der Waals surface area contributed by atoms with Gasteiger partial charge in [0.2, 0.25) is 0 Å². The molecule has 108 valence electrons. The molecule has 2 aromatic rings. The Morgan fingerprint density at radius 2 is 1.95 bits per heavy atom. The summed E-state index contributed by atoms with van der Waals surface area (Å²) in [6.07, 6.45) is 4.20. The van der Waals surface area contributed by atoms with Gasteiger partial charge in [-0.3, -0.25) is 0 Å². The van der Waals surface area contributed by atoms with Crippen LogP contribution in [0.4, 0.5) is 5.69 Å². The van der Waals surface area contributed by atoms with E-state index in [9.17, 15) is 0 Å². The molecule has 0 radical (unpaired) electrons. The van der Waals surface area contributed by atoms with E-state index in [-0.39, 0.29) is 0 Å². The van der Waals surface area contributed by atoms with Gasteiger partial charge in [0, 0.05) is 5.56 Å². The van der Waals surface area contributed by atoms with E-state index in [0.29, 0.717) is 16.8 Å². The number of benzene rings is 1. The normalized spacial score (nSPS) is 36.0. The fraction of sp³-hybridized carbons (Fsp3) is 0.533. The van der Waals surface area contributed by atoms with Crippen molar-refractivity contribution in [1.82, 2.24) is 20.2 Å². The molecule has 1 heterocycles. The van der Waals surface area contributed by atoms with Crippen molar-refractivity contribution in [2.24, 2.45) is 23.7 Å². The Balaban J connectivity index is 1.56.